The van der Waals surface area contributed by atoms with Gasteiger partial charge in [0.2, 0.25) is 0 Å². The Hall–Kier alpha value is -0.890. The second kappa shape index (κ2) is 4.09. The van der Waals surface area contributed by atoms with E-state index in [4.69, 9.17) is 0 Å². The van der Waals surface area contributed by atoms with E-state index in [2.05, 4.69) is 17.0 Å². The van der Waals surface area contributed by atoms with Gasteiger partial charge in [-0.3, -0.25) is 4.90 Å². The SMILES string of the molecule is CC1CN(Cc2ccccc2)CC1F. The summed E-state index contributed by atoms with van der Waals surface area (Å²) in [6, 6.07) is 10.3. The average Bonchev–Trinajstić information content (AvgIpc) is 2.47. The van der Waals surface area contributed by atoms with Crippen LogP contribution in [0.25, 0.3) is 0 Å². The normalized spacial score (nSPS) is 28.1. The molecule has 1 aliphatic heterocycles. The van der Waals surface area contributed by atoms with Crippen LogP contribution in [0.3, 0.4) is 0 Å². The van der Waals surface area contributed by atoms with E-state index in [9.17, 15) is 4.39 Å². The van der Waals surface area contributed by atoms with Crippen LogP contribution in [0.5, 0.6) is 0 Å². The third-order valence-corrected chi connectivity index (χ3v) is 2.85. The Morgan fingerprint density at radius 1 is 1.29 bits per heavy atom. The summed E-state index contributed by atoms with van der Waals surface area (Å²) in [4.78, 5) is 2.19. The van der Waals surface area contributed by atoms with E-state index in [0.29, 0.717) is 6.54 Å². The summed E-state index contributed by atoms with van der Waals surface area (Å²) in [6.07, 6.45) is -0.640. The number of hydrogen-bond acceptors (Lipinski definition) is 1. The molecule has 1 aromatic carbocycles. The van der Waals surface area contributed by atoms with Crippen molar-refractivity contribution in [3.63, 3.8) is 0 Å². The maximum Gasteiger partial charge on any atom is 0.116 e. The molecule has 0 saturated carbocycles. The van der Waals surface area contributed by atoms with Gasteiger partial charge < -0.3 is 0 Å². The molecule has 2 atom stereocenters. The fourth-order valence-electron chi connectivity index (χ4n) is 1.99. The van der Waals surface area contributed by atoms with Gasteiger partial charge in [0.05, 0.1) is 0 Å². The van der Waals surface area contributed by atoms with Gasteiger partial charge in [0.1, 0.15) is 6.17 Å². The molecule has 1 nitrogen and oxygen atoms in total. The van der Waals surface area contributed by atoms with Gasteiger partial charge >= 0.3 is 0 Å². The Labute approximate surface area is 84.5 Å². The molecule has 1 aromatic rings. The zero-order valence-corrected chi connectivity index (χ0v) is 8.49. The Morgan fingerprint density at radius 2 is 2.00 bits per heavy atom. The standard InChI is InChI=1S/C12H16FN/c1-10-7-14(9-12(10)13)8-11-5-3-2-4-6-11/h2-6,10,12H,7-9H2,1H3. The van der Waals surface area contributed by atoms with Gasteiger partial charge in [-0.25, -0.2) is 4.39 Å². The summed E-state index contributed by atoms with van der Waals surface area (Å²) >= 11 is 0. The molecule has 0 radical (unpaired) electrons. The first-order valence-electron chi connectivity index (χ1n) is 5.16. The van der Waals surface area contributed by atoms with E-state index in [0.717, 1.165) is 13.1 Å². The summed E-state index contributed by atoms with van der Waals surface area (Å²) in [6.45, 7) is 4.34. The van der Waals surface area contributed by atoms with Crippen LogP contribution in [0.1, 0.15) is 12.5 Å². The highest BCUT2D eigenvalue weighted by molar-refractivity contribution is 5.14. The van der Waals surface area contributed by atoms with E-state index in [1.165, 1.54) is 5.56 Å². The summed E-state index contributed by atoms with van der Waals surface area (Å²) in [7, 11) is 0. The predicted octanol–water partition coefficient (Wildman–Crippen LogP) is 2.48. The second-order valence-corrected chi connectivity index (χ2v) is 4.17. The molecule has 0 amide bonds. The van der Waals surface area contributed by atoms with Crippen LogP contribution in [0, 0.1) is 5.92 Å². The van der Waals surface area contributed by atoms with E-state index in [1.807, 2.05) is 25.1 Å². The number of rotatable bonds is 2. The monoisotopic (exact) mass is 193 g/mol. The molecule has 2 heteroatoms. The molecule has 0 aromatic heterocycles. The van der Waals surface area contributed by atoms with Gasteiger partial charge in [-0.2, -0.15) is 0 Å². The number of nitrogens with zero attached hydrogens (tertiary/aromatic N) is 1. The maximum absolute atomic E-state index is 13.2. The van der Waals surface area contributed by atoms with Crippen molar-refractivity contribution in [1.82, 2.24) is 4.90 Å². The Bertz CT molecular complexity index is 276. The minimum Gasteiger partial charge on any atom is -0.296 e. The highest BCUT2D eigenvalue weighted by Crippen LogP contribution is 2.20. The fourth-order valence-corrected chi connectivity index (χ4v) is 1.99. The van der Waals surface area contributed by atoms with E-state index >= 15 is 0 Å². The Morgan fingerprint density at radius 3 is 2.57 bits per heavy atom. The van der Waals surface area contributed by atoms with Crippen LogP contribution in [-0.4, -0.2) is 24.2 Å². The molecule has 14 heavy (non-hydrogen) atoms. The molecular weight excluding hydrogens is 177 g/mol. The van der Waals surface area contributed by atoms with Crippen LogP contribution in [0.4, 0.5) is 4.39 Å². The molecule has 1 saturated heterocycles. The third kappa shape index (κ3) is 2.13. The molecule has 0 bridgehead atoms. The predicted molar refractivity (Wildman–Crippen MR) is 55.8 cm³/mol. The lowest BCUT2D eigenvalue weighted by atomic mass is 10.1. The topological polar surface area (TPSA) is 3.24 Å². The first-order valence-corrected chi connectivity index (χ1v) is 5.16. The largest absolute Gasteiger partial charge is 0.296 e. The van der Waals surface area contributed by atoms with Gasteiger partial charge in [0, 0.05) is 25.6 Å². The quantitative estimate of drug-likeness (QED) is 0.697. The smallest absolute Gasteiger partial charge is 0.116 e. The fraction of sp³-hybridized carbons (Fsp3) is 0.500. The zero-order valence-electron chi connectivity index (χ0n) is 8.49. The Balaban J connectivity index is 1.94. The van der Waals surface area contributed by atoms with Crippen LogP contribution < -0.4 is 0 Å². The number of benzene rings is 1. The van der Waals surface area contributed by atoms with Crippen LogP contribution >= 0.6 is 0 Å². The lowest BCUT2D eigenvalue weighted by molar-refractivity contribution is 0.274. The van der Waals surface area contributed by atoms with Crippen molar-refractivity contribution in [3.05, 3.63) is 35.9 Å². The van der Waals surface area contributed by atoms with Gasteiger partial charge in [0.25, 0.3) is 0 Å². The molecular formula is C12H16FN. The third-order valence-electron chi connectivity index (χ3n) is 2.85. The van der Waals surface area contributed by atoms with E-state index in [-0.39, 0.29) is 5.92 Å². The second-order valence-electron chi connectivity index (χ2n) is 4.17. The first kappa shape index (κ1) is 9.66. The van der Waals surface area contributed by atoms with E-state index < -0.39 is 6.17 Å². The molecule has 1 heterocycles. The van der Waals surface area contributed by atoms with Crippen molar-refractivity contribution >= 4 is 0 Å². The Kier molecular flexibility index (Phi) is 2.82. The van der Waals surface area contributed by atoms with Crippen molar-refractivity contribution in [1.29, 1.82) is 0 Å². The lowest BCUT2D eigenvalue weighted by Gasteiger charge is -2.14. The molecule has 76 valence electrons. The average molecular weight is 193 g/mol. The van der Waals surface area contributed by atoms with Gasteiger partial charge in [0.15, 0.2) is 0 Å². The van der Waals surface area contributed by atoms with Crippen molar-refractivity contribution < 1.29 is 4.39 Å². The van der Waals surface area contributed by atoms with Crippen LogP contribution in [0.15, 0.2) is 30.3 Å². The molecule has 1 aliphatic rings. The van der Waals surface area contributed by atoms with Crippen molar-refractivity contribution in [2.75, 3.05) is 13.1 Å². The van der Waals surface area contributed by atoms with Crippen LogP contribution in [0.2, 0.25) is 0 Å². The summed E-state index contributed by atoms with van der Waals surface area (Å²) in [5.41, 5.74) is 1.27. The number of hydrogen-bond donors (Lipinski definition) is 0. The lowest BCUT2D eigenvalue weighted by Crippen LogP contribution is -2.20. The molecule has 0 aliphatic carbocycles. The van der Waals surface area contributed by atoms with Crippen LogP contribution in [-0.2, 0) is 6.54 Å². The van der Waals surface area contributed by atoms with Gasteiger partial charge in [-0.05, 0) is 5.56 Å². The first-order chi connectivity index (χ1) is 6.75. The van der Waals surface area contributed by atoms with E-state index in [1.54, 1.807) is 0 Å². The molecule has 0 N–H and O–H groups in total. The highest BCUT2D eigenvalue weighted by atomic mass is 19.1. The maximum atomic E-state index is 13.2. The molecule has 2 unspecified atom stereocenters. The highest BCUT2D eigenvalue weighted by Gasteiger charge is 2.28. The minimum atomic E-state index is -0.640. The summed E-state index contributed by atoms with van der Waals surface area (Å²) < 4.78 is 13.2. The summed E-state index contributed by atoms with van der Waals surface area (Å²) in [5, 5.41) is 0. The molecule has 2 rings (SSSR count). The van der Waals surface area contributed by atoms with Gasteiger partial charge in [-0.15, -0.1) is 0 Å². The summed E-state index contributed by atoms with van der Waals surface area (Å²) in [5.74, 6) is 0.193. The number of alkyl halides is 1. The number of halogens is 1. The van der Waals surface area contributed by atoms with Crippen molar-refractivity contribution in [3.8, 4) is 0 Å². The van der Waals surface area contributed by atoms with Crippen molar-refractivity contribution in [2.45, 2.75) is 19.6 Å². The molecule has 0 spiro atoms. The van der Waals surface area contributed by atoms with Crippen molar-refractivity contribution in [2.24, 2.45) is 5.92 Å². The minimum absolute atomic E-state index is 0.193. The molecule has 1 fully saturated rings. The number of likely N-dealkylation sites (tertiary alicyclic amines) is 1. The van der Waals surface area contributed by atoms with Gasteiger partial charge in [-0.1, -0.05) is 37.3 Å². The zero-order chi connectivity index (χ0) is 9.97.